The molecule has 2 N–H and O–H groups in total. The first kappa shape index (κ1) is 23.8. The predicted molar refractivity (Wildman–Crippen MR) is 130 cm³/mol. The predicted octanol–water partition coefficient (Wildman–Crippen LogP) is 4.71. The van der Waals surface area contributed by atoms with E-state index in [4.69, 9.17) is 15.0 Å². The number of nitrogen functional groups attached to an aromatic ring is 1. The van der Waals surface area contributed by atoms with Gasteiger partial charge in [0.05, 0.1) is 11.0 Å². The highest BCUT2D eigenvalue weighted by atomic mass is 32.2. The number of aromatic nitrogens is 3. The van der Waals surface area contributed by atoms with Crippen LogP contribution in [0, 0.1) is 24.0 Å². The number of carbonyl (C=O) groups is 1. The first-order valence-corrected chi connectivity index (χ1v) is 11.3. The molecule has 0 aliphatic carbocycles. The fourth-order valence-electron chi connectivity index (χ4n) is 2.99. The largest absolute Gasteiger partial charge is 0.486 e. The number of nitrogens with two attached hydrogens (primary N) is 1. The van der Waals surface area contributed by atoms with Crippen molar-refractivity contribution in [2.75, 3.05) is 5.84 Å². The van der Waals surface area contributed by atoms with Crippen LogP contribution in [0.1, 0.15) is 33.1 Å². The molecule has 0 fully saturated rings. The number of thioether (sulfide) groups is 1. The number of furan rings is 1. The average molecular weight is 492 g/mol. The third-order valence-electron chi connectivity index (χ3n) is 4.94. The summed E-state index contributed by atoms with van der Waals surface area (Å²) in [4.78, 5) is 23.6. The van der Waals surface area contributed by atoms with Crippen LogP contribution >= 0.6 is 11.8 Å². The van der Waals surface area contributed by atoms with E-state index >= 15 is 0 Å². The van der Waals surface area contributed by atoms with Gasteiger partial charge >= 0.3 is 5.88 Å². The quantitative estimate of drug-likeness (QED) is 0.0880. The molecule has 178 valence electrons. The molecule has 0 saturated heterocycles. The fraction of sp³-hybridized carbons (Fsp3) is 0.125. The minimum absolute atomic E-state index is 0.0701. The molecule has 0 unspecified atom stereocenters. The van der Waals surface area contributed by atoms with Gasteiger partial charge in [-0.05, 0) is 43.8 Å². The molecule has 2 aromatic heterocycles. The molecule has 11 heteroatoms. The maximum Gasteiger partial charge on any atom is 0.433 e. The van der Waals surface area contributed by atoms with Gasteiger partial charge in [0, 0.05) is 11.6 Å². The Kier molecular flexibility index (Phi) is 6.97. The third-order valence-corrected chi connectivity index (χ3v) is 5.94. The molecule has 0 atom stereocenters. The molecule has 4 aromatic rings. The summed E-state index contributed by atoms with van der Waals surface area (Å²) >= 11 is 0.997. The van der Waals surface area contributed by atoms with E-state index in [1.165, 1.54) is 22.9 Å². The van der Waals surface area contributed by atoms with Crippen molar-refractivity contribution in [3.8, 4) is 5.75 Å². The Labute approximate surface area is 204 Å². The summed E-state index contributed by atoms with van der Waals surface area (Å²) in [6, 6.07) is 17.2. The number of nitro groups is 1. The van der Waals surface area contributed by atoms with Crippen LogP contribution < -0.4 is 10.6 Å². The molecule has 10 nitrogen and oxygen atoms in total. The van der Waals surface area contributed by atoms with Crippen LogP contribution in [0.15, 0.2) is 76.3 Å². The zero-order chi connectivity index (χ0) is 24.9. The van der Waals surface area contributed by atoms with Gasteiger partial charge in [-0.1, -0.05) is 47.5 Å². The van der Waals surface area contributed by atoms with Gasteiger partial charge in [0.25, 0.3) is 0 Å². The Morgan fingerprint density at radius 3 is 2.37 bits per heavy atom. The molecule has 35 heavy (non-hydrogen) atoms. The maximum absolute atomic E-state index is 12.9. The lowest BCUT2D eigenvalue weighted by atomic mass is 10.1. The molecule has 0 saturated carbocycles. The zero-order valence-corrected chi connectivity index (χ0v) is 19.7. The molecule has 0 radical (unpaired) electrons. The summed E-state index contributed by atoms with van der Waals surface area (Å²) in [7, 11) is 0. The lowest BCUT2D eigenvalue weighted by molar-refractivity contribution is -0.402. The summed E-state index contributed by atoms with van der Waals surface area (Å²) in [5.74, 6) is 6.54. The first-order valence-electron chi connectivity index (χ1n) is 10.4. The number of nitrogens with zero attached hydrogens (tertiary/aromatic N) is 4. The Balaban J connectivity index is 1.59. The number of hydrogen-bond acceptors (Lipinski definition) is 9. The Morgan fingerprint density at radius 2 is 1.74 bits per heavy atom. The summed E-state index contributed by atoms with van der Waals surface area (Å²) in [5.41, 5.74) is 2.57. The van der Waals surface area contributed by atoms with Gasteiger partial charge in [-0.15, -0.1) is 10.2 Å². The summed E-state index contributed by atoms with van der Waals surface area (Å²) in [5, 5.41) is 19.5. The molecule has 0 aliphatic rings. The molecule has 0 spiro atoms. The summed E-state index contributed by atoms with van der Waals surface area (Å²) in [6.07, 6.45) is 1.33. The molecule has 0 bridgehead atoms. The smallest absolute Gasteiger partial charge is 0.433 e. The van der Waals surface area contributed by atoms with Gasteiger partial charge in [-0.2, -0.15) is 0 Å². The second-order valence-corrected chi connectivity index (χ2v) is 8.62. The van der Waals surface area contributed by atoms with Crippen LogP contribution in [0.25, 0.3) is 4.91 Å². The van der Waals surface area contributed by atoms with Crippen molar-refractivity contribution in [1.29, 1.82) is 0 Å². The normalized spacial score (nSPS) is 11.4. The average Bonchev–Trinajstić information content (AvgIpc) is 3.46. The molecular weight excluding hydrogens is 470 g/mol. The van der Waals surface area contributed by atoms with Crippen molar-refractivity contribution in [3.05, 3.63) is 105 Å². The van der Waals surface area contributed by atoms with Gasteiger partial charge in [-0.25, -0.2) is 4.68 Å². The number of allylic oxidation sites excluding steroid dienone is 1. The number of rotatable bonds is 9. The van der Waals surface area contributed by atoms with Gasteiger partial charge in [-0.3, -0.25) is 14.9 Å². The van der Waals surface area contributed by atoms with E-state index in [-0.39, 0.29) is 28.2 Å². The molecule has 4 rings (SSSR count). The number of ketones is 1. The monoisotopic (exact) mass is 491 g/mol. The highest BCUT2D eigenvalue weighted by Gasteiger charge is 2.20. The molecule has 0 amide bonds. The van der Waals surface area contributed by atoms with Crippen LogP contribution in [-0.2, 0) is 6.61 Å². The van der Waals surface area contributed by atoms with Crippen LogP contribution in [0.5, 0.6) is 5.75 Å². The highest BCUT2D eigenvalue weighted by Crippen LogP contribution is 2.35. The van der Waals surface area contributed by atoms with Gasteiger partial charge in [0.15, 0.2) is 11.6 Å². The van der Waals surface area contributed by atoms with E-state index in [9.17, 15) is 14.9 Å². The first-order chi connectivity index (χ1) is 16.8. The SMILES string of the molecule is Cc1ccc(OCc2nnc(S/C(=C/C(=O)c3ccc(C)cc3)c3ccc([N+](=O)[O-])o3)n2N)cc1. The topological polar surface area (TPSA) is 139 Å². The van der Waals surface area contributed by atoms with E-state index in [0.717, 1.165) is 22.9 Å². The van der Waals surface area contributed by atoms with E-state index in [0.29, 0.717) is 17.1 Å². The minimum atomic E-state index is -0.653. The van der Waals surface area contributed by atoms with Crippen LogP contribution in [0.3, 0.4) is 0 Å². The second-order valence-electron chi connectivity index (χ2n) is 7.61. The third kappa shape index (κ3) is 5.76. The number of hydrogen-bond donors (Lipinski definition) is 1. The van der Waals surface area contributed by atoms with Crippen molar-refractivity contribution >= 4 is 28.3 Å². The Morgan fingerprint density at radius 1 is 1.09 bits per heavy atom. The van der Waals surface area contributed by atoms with E-state index in [1.807, 2.05) is 50.2 Å². The van der Waals surface area contributed by atoms with Gasteiger partial charge in [0.2, 0.25) is 5.16 Å². The molecule has 0 aliphatic heterocycles. The van der Waals surface area contributed by atoms with Crippen LogP contribution in [0.2, 0.25) is 0 Å². The maximum atomic E-state index is 12.9. The number of benzene rings is 2. The van der Waals surface area contributed by atoms with E-state index in [1.54, 1.807) is 12.1 Å². The van der Waals surface area contributed by atoms with Crippen LogP contribution in [-0.4, -0.2) is 25.6 Å². The standard InChI is InChI=1S/C24H21N5O5S/c1-15-3-7-17(8-4-15)19(30)13-21(20-11-12-23(34-20)29(31)32)35-24-27-26-22(28(24)25)14-33-18-9-5-16(2)6-10-18/h3-13H,14,25H2,1-2H3/b21-13+. The van der Waals surface area contributed by atoms with E-state index in [2.05, 4.69) is 10.2 Å². The lowest BCUT2D eigenvalue weighted by Gasteiger charge is -2.07. The molecule has 2 aromatic carbocycles. The second kappa shape index (κ2) is 10.3. The van der Waals surface area contributed by atoms with Gasteiger partial charge in [0.1, 0.15) is 23.0 Å². The molecular formula is C24H21N5O5S. The summed E-state index contributed by atoms with van der Waals surface area (Å²) < 4.78 is 12.3. The van der Waals surface area contributed by atoms with Crippen molar-refractivity contribution in [1.82, 2.24) is 14.9 Å². The van der Waals surface area contributed by atoms with Crippen LogP contribution in [0.4, 0.5) is 5.88 Å². The van der Waals surface area contributed by atoms with Crippen molar-refractivity contribution < 1.29 is 18.9 Å². The lowest BCUT2D eigenvalue weighted by Crippen LogP contribution is -2.15. The highest BCUT2D eigenvalue weighted by molar-refractivity contribution is 8.08. The van der Waals surface area contributed by atoms with Crippen molar-refractivity contribution in [2.45, 2.75) is 25.6 Å². The number of aryl methyl sites for hydroxylation is 2. The Bertz CT molecular complexity index is 1390. The molecule has 2 heterocycles. The summed E-state index contributed by atoms with van der Waals surface area (Å²) in [6.45, 7) is 3.97. The Hall–Kier alpha value is -4.38. The minimum Gasteiger partial charge on any atom is -0.486 e. The van der Waals surface area contributed by atoms with E-state index < -0.39 is 10.8 Å². The zero-order valence-electron chi connectivity index (χ0n) is 18.9. The number of carbonyl (C=O) groups excluding carboxylic acids is 1. The van der Waals surface area contributed by atoms with Crippen molar-refractivity contribution in [2.24, 2.45) is 0 Å². The number of ether oxygens (including phenoxy) is 1. The van der Waals surface area contributed by atoms with Crippen molar-refractivity contribution in [3.63, 3.8) is 0 Å². The van der Waals surface area contributed by atoms with Gasteiger partial charge < -0.3 is 15.0 Å². The fourth-order valence-corrected chi connectivity index (χ4v) is 3.84.